The number of aromatic amines is 1. The van der Waals surface area contributed by atoms with Crippen LogP contribution in [0.2, 0.25) is 0 Å². The summed E-state index contributed by atoms with van der Waals surface area (Å²) in [6, 6.07) is 4.11. The lowest BCUT2D eigenvalue weighted by Gasteiger charge is -2.12. The predicted octanol–water partition coefficient (Wildman–Crippen LogP) is 2.20. The van der Waals surface area contributed by atoms with Gasteiger partial charge in [0.1, 0.15) is 35.4 Å². The molecule has 10 heteroatoms. The summed E-state index contributed by atoms with van der Waals surface area (Å²) >= 11 is 0. The molecule has 0 spiro atoms. The molecule has 152 valence electrons. The summed E-state index contributed by atoms with van der Waals surface area (Å²) in [5.74, 6) is -0.137. The van der Waals surface area contributed by atoms with E-state index in [-0.39, 0.29) is 17.8 Å². The standard InChI is InChI=1S/C20H18FN7O2/c1-10(20-22-5-6-30-20)25-19(29)13-8-23-18-17(13)26-14(9-24-18)16-12-4-3-11(21)7-15(12)28(2)27-16/h3-4,7-10H,5-6H2,1-2H3,(H,23,24)(H,25,29). The molecule has 0 bridgehead atoms. The number of aliphatic imine (C=N–C) groups is 1. The van der Waals surface area contributed by atoms with Gasteiger partial charge in [0.25, 0.3) is 5.91 Å². The number of aryl methyl sites for hydroxylation is 1. The summed E-state index contributed by atoms with van der Waals surface area (Å²) in [6.45, 7) is 2.94. The molecule has 2 N–H and O–H groups in total. The van der Waals surface area contributed by atoms with Crippen molar-refractivity contribution in [1.29, 1.82) is 0 Å². The van der Waals surface area contributed by atoms with Gasteiger partial charge in [-0.3, -0.25) is 14.5 Å². The molecular formula is C20H18FN7O2. The van der Waals surface area contributed by atoms with Crippen LogP contribution >= 0.6 is 0 Å². The average Bonchev–Trinajstić information content (AvgIpc) is 3.46. The van der Waals surface area contributed by atoms with Crippen LogP contribution in [0.5, 0.6) is 0 Å². The number of hydrogen-bond donors (Lipinski definition) is 2. The van der Waals surface area contributed by atoms with E-state index in [0.717, 1.165) is 5.39 Å². The molecule has 30 heavy (non-hydrogen) atoms. The Morgan fingerprint density at radius 2 is 2.27 bits per heavy atom. The number of halogens is 1. The first-order valence-electron chi connectivity index (χ1n) is 9.46. The van der Waals surface area contributed by atoms with Crippen LogP contribution in [0.3, 0.4) is 0 Å². The second kappa shape index (κ2) is 6.90. The van der Waals surface area contributed by atoms with Crippen LogP contribution in [-0.4, -0.2) is 55.7 Å². The highest BCUT2D eigenvalue weighted by atomic mass is 19.1. The minimum atomic E-state index is -0.351. The van der Waals surface area contributed by atoms with Crippen molar-refractivity contribution in [3.8, 4) is 11.4 Å². The number of H-pyrrole nitrogens is 1. The predicted molar refractivity (Wildman–Crippen MR) is 109 cm³/mol. The summed E-state index contributed by atoms with van der Waals surface area (Å²) in [6.07, 6.45) is 3.15. The van der Waals surface area contributed by atoms with Crippen LogP contribution < -0.4 is 5.32 Å². The lowest BCUT2D eigenvalue weighted by molar-refractivity contribution is 0.0947. The number of hydrogen-bond acceptors (Lipinski definition) is 6. The van der Waals surface area contributed by atoms with Crippen molar-refractivity contribution in [1.82, 2.24) is 30.0 Å². The second-order valence-corrected chi connectivity index (χ2v) is 7.05. The second-order valence-electron chi connectivity index (χ2n) is 7.05. The summed E-state index contributed by atoms with van der Waals surface area (Å²) in [7, 11) is 1.74. The average molecular weight is 407 g/mol. The summed E-state index contributed by atoms with van der Waals surface area (Å²) in [5, 5.41) is 8.09. The van der Waals surface area contributed by atoms with Crippen LogP contribution in [0.15, 0.2) is 35.6 Å². The first kappa shape index (κ1) is 18.2. The number of carbonyl (C=O) groups excluding carboxylic acids is 1. The van der Waals surface area contributed by atoms with E-state index >= 15 is 0 Å². The lowest BCUT2D eigenvalue weighted by Crippen LogP contribution is -2.38. The molecule has 1 unspecified atom stereocenters. The number of amides is 1. The number of nitrogens with one attached hydrogen (secondary N) is 2. The Balaban J connectivity index is 1.53. The van der Waals surface area contributed by atoms with Crippen molar-refractivity contribution >= 4 is 33.9 Å². The first-order valence-corrected chi connectivity index (χ1v) is 9.46. The van der Waals surface area contributed by atoms with E-state index in [4.69, 9.17) is 4.74 Å². The van der Waals surface area contributed by atoms with Gasteiger partial charge < -0.3 is 15.0 Å². The topological polar surface area (TPSA) is 110 Å². The highest BCUT2D eigenvalue weighted by molar-refractivity contribution is 6.06. The molecule has 0 saturated carbocycles. The number of carbonyl (C=O) groups is 1. The van der Waals surface area contributed by atoms with Crippen LogP contribution in [0, 0.1) is 5.82 Å². The molecular weight excluding hydrogens is 389 g/mol. The molecule has 0 saturated heterocycles. The molecule has 1 aliphatic heterocycles. The van der Waals surface area contributed by atoms with Gasteiger partial charge >= 0.3 is 0 Å². The molecule has 0 radical (unpaired) electrons. The maximum Gasteiger partial charge on any atom is 0.255 e. The number of rotatable bonds is 4. The van der Waals surface area contributed by atoms with Crippen molar-refractivity contribution in [2.45, 2.75) is 13.0 Å². The smallest absolute Gasteiger partial charge is 0.255 e. The van der Waals surface area contributed by atoms with Gasteiger partial charge in [-0.25, -0.2) is 14.4 Å². The third-order valence-electron chi connectivity index (χ3n) is 5.01. The molecule has 5 rings (SSSR count). The fourth-order valence-electron chi connectivity index (χ4n) is 3.55. The van der Waals surface area contributed by atoms with E-state index in [0.29, 0.717) is 52.7 Å². The summed E-state index contributed by atoms with van der Waals surface area (Å²) < 4.78 is 20.6. The molecule has 1 atom stereocenters. The molecule has 4 heterocycles. The lowest BCUT2D eigenvalue weighted by atomic mass is 10.1. The Labute approximate surface area is 170 Å². The Morgan fingerprint density at radius 3 is 3.07 bits per heavy atom. The first-order chi connectivity index (χ1) is 14.5. The van der Waals surface area contributed by atoms with Gasteiger partial charge in [-0.05, 0) is 25.1 Å². The summed E-state index contributed by atoms with van der Waals surface area (Å²) in [4.78, 5) is 29.0. The molecule has 9 nitrogen and oxygen atoms in total. The molecule has 1 amide bonds. The van der Waals surface area contributed by atoms with E-state index in [9.17, 15) is 9.18 Å². The van der Waals surface area contributed by atoms with Crippen molar-refractivity contribution < 1.29 is 13.9 Å². The Hall–Kier alpha value is -3.82. The van der Waals surface area contributed by atoms with Crippen molar-refractivity contribution in [3.63, 3.8) is 0 Å². The number of ether oxygens (including phenoxy) is 1. The van der Waals surface area contributed by atoms with Gasteiger partial charge in [-0.1, -0.05) is 0 Å². The van der Waals surface area contributed by atoms with E-state index in [1.807, 2.05) is 6.92 Å². The van der Waals surface area contributed by atoms with Gasteiger partial charge in [0, 0.05) is 18.6 Å². The number of fused-ring (bicyclic) bond motifs is 2. The largest absolute Gasteiger partial charge is 0.478 e. The molecule has 1 aliphatic rings. The minimum Gasteiger partial charge on any atom is -0.478 e. The molecule has 0 fully saturated rings. The zero-order valence-electron chi connectivity index (χ0n) is 16.3. The van der Waals surface area contributed by atoms with E-state index in [1.165, 1.54) is 12.1 Å². The maximum absolute atomic E-state index is 13.6. The SMILES string of the molecule is CC(NC(=O)c1c[nH]c2ncc(-c3nn(C)c4cc(F)ccc34)nc12)C1=NCCO1. The van der Waals surface area contributed by atoms with E-state index < -0.39 is 0 Å². The number of aromatic nitrogens is 5. The third-order valence-corrected chi connectivity index (χ3v) is 5.01. The number of nitrogens with zero attached hydrogens (tertiary/aromatic N) is 5. The quantitative estimate of drug-likeness (QED) is 0.539. The van der Waals surface area contributed by atoms with Gasteiger partial charge in [0.05, 0.1) is 23.8 Å². The van der Waals surface area contributed by atoms with E-state index in [1.54, 1.807) is 30.2 Å². The van der Waals surface area contributed by atoms with Crippen molar-refractivity contribution in [2.24, 2.45) is 12.0 Å². The summed E-state index contributed by atoms with van der Waals surface area (Å²) in [5.41, 5.74) is 2.97. The Bertz CT molecular complexity index is 1320. The van der Waals surface area contributed by atoms with Crippen molar-refractivity contribution in [3.05, 3.63) is 42.0 Å². The van der Waals surface area contributed by atoms with Crippen molar-refractivity contribution in [2.75, 3.05) is 13.2 Å². The molecule has 0 aliphatic carbocycles. The van der Waals surface area contributed by atoms with Gasteiger partial charge in [-0.2, -0.15) is 5.10 Å². The molecule has 4 aromatic rings. The highest BCUT2D eigenvalue weighted by Gasteiger charge is 2.22. The molecule has 1 aromatic carbocycles. The normalized spacial score (nSPS) is 14.7. The van der Waals surface area contributed by atoms with Crippen LogP contribution in [0.4, 0.5) is 4.39 Å². The van der Waals surface area contributed by atoms with Gasteiger partial charge in [0.2, 0.25) is 5.90 Å². The van der Waals surface area contributed by atoms with Crippen LogP contribution in [0.1, 0.15) is 17.3 Å². The monoisotopic (exact) mass is 407 g/mol. The Kier molecular flexibility index (Phi) is 4.19. The Morgan fingerprint density at radius 1 is 1.40 bits per heavy atom. The zero-order valence-corrected chi connectivity index (χ0v) is 16.3. The third kappa shape index (κ3) is 2.97. The van der Waals surface area contributed by atoms with Crippen LogP contribution in [0.25, 0.3) is 33.5 Å². The highest BCUT2D eigenvalue weighted by Crippen LogP contribution is 2.28. The molecule has 3 aromatic heterocycles. The van der Waals surface area contributed by atoms with Gasteiger partial charge in [0.15, 0.2) is 5.65 Å². The van der Waals surface area contributed by atoms with Gasteiger partial charge in [-0.15, -0.1) is 0 Å². The number of benzene rings is 1. The fourth-order valence-corrected chi connectivity index (χ4v) is 3.55. The van der Waals surface area contributed by atoms with E-state index in [2.05, 4.69) is 30.4 Å². The minimum absolute atomic E-state index is 0.314. The fraction of sp³-hybridized carbons (Fsp3) is 0.250. The van der Waals surface area contributed by atoms with Crippen LogP contribution in [-0.2, 0) is 11.8 Å². The zero-order chi connectivity index (χ0) is 20.8. The maximum atomic E-state index is 13.6.